The first-order valence-electron chi connectivity index (χ1n) is 6.17. The van der Waals surface area contributed by atoms with Crippen molar-refractivity contribution in [2.45, 2.75) is 29.8 Å². The molecule has 0 aliphatic rings. The normalized spacial score (nSPS) is 12.4. The van der Waals surface area contributed by atoms with E-state index in [0.717, 1.165) is 20.9 Å². The number of benzene rings is 1. The average molecular weight is 338 g/mol. The molecule has 3 nitrogen and oxygen atoms in total. The van der Waals surface area contributed by atoms with Crippen molar-refractivity contribution in [2.24, 2.45) is 0 Å². The van der Waals surface area contributed by atoms with Crippen LogP contribution in [-0.2, 0) is 0 Å². The van der Waals surface area contributed by atoms with E-state index in [9.17, 15) is 0 Å². The van der Waals surface area contributed by atoms with E-state index in [2.05, 4.69) is 63.3 Å². The standard InChI is InChI=1S/C14H16BrN3S/c1-3-17-10(2)11-4-5-13(12(15)8-11)19-14-6-7-16-9-18-14/h4-10,17H,3H2,1-2H3. The quantitative estimate of drug-likeness (QED) is 0.835. The Morgan fingerprint density at radius 1 is 1.37 bits per heavy atom. The lowest BCUT2D eigenvalue weighted by Crippen LogP contribution is -2.17. The summed E-state index contributed by atoms with van der Waals surface area (Å²) in [5.41, 5.74) is 1.28. The summed E-state index contributed by atoms with van der Waals surface area (Å²) in [5, 5.41) is 4.36. The van der Waals surface area contributed by atoms with Crippen LogP contribution in [0.4, 0.5) is 0 Å². The molecule has 1 heterocycles. The number of hydrogen-bond acceptors (Lipinski definition) is 4. The van der Waals surface area contributed by atoms with Crippen molar-refractivity contribution >= 4 is 27.7 Å². The zero-order valence-electron chi connectivity index (χ0n) is 10.9. The van der Waals surface area contributed by atoms with Gasteiger partial charge in [-0.2, -0.15) is 0 Å². The molecule has 100 valence electrons. The molecule has 0 bridgehead atoms. The molecular weight excluding hydrogens is 322 g/mol. The van der Waals surface area contributed by atoms with Gasteiger partial charge in [0, 0.05) is 21.6 Å². The summed E-state index contributed by atoms with van der Waals surface area (Å²) in [6.45, 7) is 5.25. The van der Waals surface area contributed by atoms with Gasteiger partial charge >= 0.3 is 0 Å². The molecule has 0 radical (unpaired) electrons. The molecule has 0 spiro atoms. The van der Waals surface area contributed by atoms with Crippen molar-refractivity contribution in [3.05, 3.63) is 46.8 Å². The highest BCUT2D eigenvalue weighted by molar-refractivity contribution is 9.10. The summed E-state index contributed by atoms with van der Waals surface area (Å²) in [7, 11) is 0. The molecule has 19 heavy (non-hydrogen) atoms. The molecule has 0 fully saturated rings. The van der Waals surface area contributed by atoms with Crippen LogP contribution in [0.25, 0.3) is 0 Å². The minimum Gasteiger partial charge on any atom is -0.310 e. The van der Waals surface area contributed by atoms with Gasteiger partial charge in [-0.3, -0.25) is 0 Å². The first-order valence-corrected chi connectivity index (χ1v) is 7.78. The molecule has 2 aromatic rings. The third-order valence-corrected chi connectivity index (χ3v) is 4.68. The molecule has 1 unspecified atom stereocenters. The minimum absolute atomic E-state index is 0.361. The second-order valence-corrected chi connectivity index (χ2v) is 6.04. The van der Waals surface area contributed by atoms with Crippen molar-refractivity contribution in [1.29, 1.82) is 0 Å². The van der Waals surface area contributed by atoms with Crippen molar-refractivity contribution in [1.82, 2.24) is 15.3 Å². The SMILES string of the molecule is CCNC(C)c1ccc(Sc2ccncn2)c(Br)c1. The first-order chi connectivity index (χ1) is 9.20. The van der Waals surface area contributed by atoms with Gasteiger partial charge in [-0.25, -0.2) is 9.97 Å². The Balaban J connectivity index is 2.15. The van der Waals surface area contributed by atoms with Crippen LogP contribution >= 0.6 is 27.7 Å². The summed E-state index contributed by atoms with van der Waals surface area (Å²) in [6, 6.07) is 8.71. The number of rotatable bonds is 5. The Labute approximate surface area is 126 Å². The number of nitrogens with zero attached hydrogens (tertiary/aromatic N) is 2. The maximum Gasteiger partial charge on any atom is 0.116 e. The molecular formula is C14H16BrN3S. The number of nitrogens with one attached hydrogen (secondary N) is 1. The van der Waals surface area contributed by atoms with E-state index < -0.39 is 0 Å². The third-order valence-electron chi connectivity index (χ3n) is 2.74. The highest BCUT2D eigenvalue weighted by Gasteiger charge is 2.08. The number of hydrogen-bond donors (Lipinski definition) is 1. The van der Waals surface area contributed by atoms with Gasteiger partial charge in [-0.1, -0.05) is 24.8 Å². The van der Waals surface area contributed by atoms with Crippen molar-refractivity contribution in [2.75, 3.05) is 6.54 Å². The van der Waals surface area contributed by atoms with Gasteiger partial charge < -0.3 is 5.32 Å². The van der Waals surface area contributed by atoms with Gasteiger partial charge in [-0.15, -0.1) is 0 Å². The van der Waals surface area contributed by atoms with Crippen LogP contribution in [0.1, 0.15) is 25.5 Å². The van der Waals surface area contributed by atoms with Gasteiger partial charge in [0.2, 0.25) is 0 Å². The van der Waals surface area contributed by atoms with Gasteiger partial charge in [-0.05, 0) is 53.2 Å². The van der Waals surface area contributed by atoms with Crippen molar-refractivity contribution in [3.8, 4) is 0 Å². The fraction of sp³-hybridized carbons (Fsp3) is 0.286. The summed E-state index contributed by atoms with van der Waals surface area (Å²) in [6.07, 6.45) is 3.32. The van der Waals surface area contributed by atoms with Crippen LogP contribution < -0.4 is 5.32 Å². The highest BCUT2D eigenvalue weighted by Crippen LogP contribution is 2.33. The Morgan fingerprint density at radius 2 is 2.21 bits per heavy atom. The maximum atomic E-state index is 4.22. The van der Waals surface area contributed by atoms with Gasteiger partial charge in [0.15, 0.2) is 0 Å². The molecule has 0 saturated carbocycles. The fourth-order valence-corrected chi connectivity index (χ4v) is 3.13. The fourth-order valence-electron chi connectivity index (χ4n) is 1.74. The van der Waals surface area contributed by atoms with Crippen LogP contribution in [0.2, 0.25) is 0 Å². The van der Waals surface area contributed by atoms with Crippen LogP contribution in [-0.4, -0.2) is 16.5 Å². The Kier molecular flexibility index (Phi) is 5.36. The monoisotopic (exact) mass is 337 g/mol. The zero-order chi connectivity index (χ0) is 13.7. The van der Waals surface area contributed by atoms with Crippen LogP contribution in [0, 0.1) is 0 Å². The second kappa shape index (κ2) is 7.03. The summed E-state index contributed by atoms with van der Waals surface area (Å²) < 4.78 is 1.10. The minimum atomic E-state index is 0.361. The molecule has 1 N–H and O–H groups in total. The van der Waals surface area contributed by atoms with E-state index in [1.807, 2.05) is 6.07 Å². The Bertz CT molecular complexity index is 533. The molecule has 0 amide bonds. The molecule has 1 atom stereocenters. The molecule has 0 aliphatic heterocycles. The zero-order valence-corrected chi connectivity index (χ0v) is 13.3. The van der Waals surface area contributed by atoms with E-state index >= 15 is 0 Å². The summed E-state index contributed by atoms with van der Waals surface area (Å²) in [4.78, 5) is 9.30. The van der Waals surface area contributed by atoms with Crippen molar-refractivity contribution in [3.63, 3.8) is 0 Å². The lowest BCUT2D eigenvalue weighted by atomic mass is 10.1. The van der Waals surface area contributed by atoms with Crippen molar-refractivity contribution < 1.29 is 0 Å². The molecule has 1 aromatic carbocycles. The predicted molar refractivity (Wildman–Crippen MR) is 82.4 cm³/mol. The smallest absolute Gasteiger partial charge is 0.116 e. The predicted octanol–water partition coefficient (Wildman–Crippen LogP) is 4.06. The number of halogens is 1. The van der Waals surface area contributed by atoms with E-state index in [1.165, 1.54) is 5.56 Å². The molecule has 0 saturated heterocycles. The Hall–Kier alpha value is -0.910. The molecule has 5 heteroatoms. The second-order valence-electron chi connectivity index (χ2n) is 4.12. The topological polar surface area (TPSA) is 37.8 Å². The van der Waals surface area contributed by atoms with Crippen LogP contribution in [0.15, 0.2) is 51.2 Å². The van der Waals surface area contributed by atoms with E-state index in [-0.39, 0.29) is 0 Å². The molecule has 1 aromatic heterocycles. The summed E-state index contributed by atoms with van der Waals surface area (Å²) in [5.74, 6) is 0. The number of aromatic nitrogens is 2. The lowest BCUT2D eigenvalue weighted by molar-refractivity contribution is 0.597. The van der Waals surface area contributed by atoms with Crippen LogP contribution in [0.3, 0.4) is 0 Å². The third kappa shape index (κ3) is 4.03. The first kappa shape index (κ1) is 14.5. The van der Waals surface area contributed by atoms with Crippen LogP contribution in [0.5, 0.6) is 0 Å². The lowest BCUT2D eigenvalue weighted by Gasteiger charge is -2.14. The van der Waals surface area contributed by atoms with Gasteiger partial charge in [0.25, 0.3) is 0 Å². The molecule has 2 rings (SSSR count). The Morgan fingerprint density at radius 3 is 2.84 bits per heavy atom. The van der Waals surface area contributed by atoms with Gasteiger partial charge in [0.05, 0.1) is 0 Å². The van der Waals surface area contributed by atoms with E-state index in [0.29, 0.717) is 6.04 Å². The maximum absolute atomic E-state index is 4.22. The largest absolute Gasteiger partial charge is 0.310 e. The summed E-state index contributed by atoms with van der Waals surface area (Å²) >= 11 is 5.26. The molecule has 0 aliphatic carbocycles. The average Bonchev–Trinajstić information content (AvgIpc) is 2.42. The van der Waals surface area contributed by atoms with Gasteiger partial charge in [0.1, 0.15) is 11.4 Å². The highest BCUT2D eigenvalue weighted by atomic mass is 79.9. The van der Waals surface area contributed by atoms with E-state index in [4.69, 9.17) is 0 Å². The van der Waals surface area contributed by atoms with E-state index in [1.54, 1.807) is 24.3 Å².